The number of pyridine rings is 1. The minimum absolute atomic E-state index is 0.0574. The van der Waals surface area contributed by atoms with Crippen LogP contribution in [0.2, 0.25) is 0 Å². The van der Waals surface area contributed by atoms with Crippen LogP contribution in [0.15, 0.2) is 27.2 Å². The van der Waals surface area contributed by atoms with E-state index >= 15 is 0 Å². The molecule has 1 N–H and O–H groups in total. The SMILES string of the molecule is CC(CC(=O)O)Cc1nnc(-c2ncccc2Br)o1. The van der Waals surface area contributed by atoms with E-state index in [0.29, 0.717) is 23.9 Å². The summed E-state index contributed by atoms with van der Waals surface area (Å²) < 4.78 is 6.26. The highest BCUT2D eigenvalue weighted by molar-refractivity contribution is 9.10. The van der Waals surface area contributed by atoms with E-state index < -0.39 is 5.97 Å². The molecule has 100 valence electrons. The average Bonchev–Trinajstić information content (AvgIpc) is 2.76. The van der Waals surface area contributed by atoms with Crippen molar-refractivity contribution in [1.82, 2.24) is 15.2 Å². The third-order valence-electron chi connectivity index (χ3n) is 2.47. The van der Waals surface area contributed by atoms with Crippen LogP contribution in [0.1, 0.15) is 19.2 Å². The Morgan fingerprint density at radius 3 is 3.00 bits per heavy atom. The number of hydrogen-bond acceptors (Lipinski definition) is 5. The maximum Gasteiger partial charge on any atom is 0.303 e. The molecule has 0 radical (unpaired) electrons. The second-order valence-electron chi connectivity index (χ2n) is 4.24. The number of aliphatic carboxylic acids is 1. The summed E-state index contributed by atoms with van der Waals surface area (Å²) in [6.45, 7) is 1.83. The molecule has 6 nitrogen and oxygen atoms in total. The van der Waals surface area contributed by atoms with E-state index in [4.69, 9.17) is 9.52 Å². The summed E-state index contributed by atoms with van der Waals surface area (Å²) >= 11 is 3.36. The van der Waals surface area contributed by atoms with E-state index in [9.17, 15) is 4.79 Å². The monoisotopic (exact) mass is 325 g/mol. The Hall–Kier alpha value is -1.76. The van der Waals surface area contributed by atoms with Gasteiger partial charge in [0.1, 0.15) is 5.69 Å². The Morgan fingerprint density at radius 2 is 2.32 bits per heavy atom. The molecule has 0 aliphatic heterocycles. The van der Waals surface area contributed by atoms with Gasteiger partial charge < -0.3 is 9.52 Å². The average molecular weight is 326 g/mol. The molecule has 0 saturated heterocycles. The van der Waals surface area contributed by atoms with Crippen molar-refractivity contribution in [1.29, 1.82) is 0 Å². The van der Waals surface area contributed by atoms with Gasteiger partial charge in [-0.05, 0) is 34.0 Å². The Bertz CT molecular complexity index is 585. The molecule has 1 atom stereocenters. The smallest absolute Gasteiger partial charge is 0.303 e. The van der Waals surface area contributed by atoms with Crippen LogP contribution in [0.3, 0.4) is 0 Å². The summed E-state index contributed by atoms with van der Waals surface area (Å²) in [5, 5.41) is 16.5. The molecule has 2 rings (SSSR count). The fourth-order valence-electron chi connectivity index (χ4n) is 1.64. The molecule has 7 heteroatoms. The first kappa shape index (κ1) is 13.7. The number of halogens is 1. The van der Waals surface area contributed by atoms with Gasteiger partial charge in [0.2, 0.25) is 5.89 Å². The zero-order valence-electron chi connectivity index (χ0n) is 10.2. The second kappa shape index (κ2) is 5.92. The third-order valence-corrected chi connectivity index (χ3v) is 3.11. The van der Waals surface area contributed by atoms with Gasteiger partial charge in [0.05, 0.1) is 0 Å². The highest BCUT2D eigenvalue weighted by atomic mass is 79.9. The number of rotatable bonds is 5. The van der Waals surface area contributed by atoms with Crippen molar-refractivity contribution in [3.8, 4) is 11.6 Å². The molecule has 19 heavy (non-hydrogen) atoms. The Morgan fingerprint density at radius 1 is 1.53 bits per heavy atom. The number of aromatic nitrogens is 3. The van der Waals surface area contributed by atoms with Gasteiger partial charge in [-0.3, -0.25) is 4.79 Å². The Kier molecular flexibility index (Phi) is 4.26. The quantitative estimate of drug-likeness (QED) is 0.908. The van der Waals surface area contributed by atoms with Crippen molar-refractivity contribution in [2.24, 2.45) is 5.92 Å². The summed E-state index contributed by atoms with van der Waals surface area (Å²) in [6, 6.07) is 3.62. The lowest BCUT2D eigenvalue weighted by molar-refractivity contribution is -0.137. The molecule has 0 spiro atoms. The summed E-state index contributed by atoms with van der Waals surface area (Å²) in [4.78, 5) is 14.7. The van der Waals surface area contributed by atoms with Crippen LogP contribution in [0.4, 0.5) is 0 Å². The molecule has 0 bridgehead atoms. The van der Waals surface area contributed by atoms with Crippen LogP contribution in [0.25, 0.3) is 11.6 Å². The molecule has 2 heterocycles. The van der Waals surface area contributed by atoms with Gasteiger partial charge in [0.25, 0.3) is 5.89 Å². The van der Waals surface area contributed by atoms with E-state index in [-0.39, 0.29) is 12.3 Å². The van der Waals surface area contributed by atoms with Gasteiger partial charge in [-0.1, -0.05) is 6.92 Å². The van der Waals surface area contributed by atoms with Crippen LogP contribution in [0, 0.1) is 5.92 Å². The highest BCUT2D eigenvalue weighted by Gasteiger charge is 2.16. The van der Waals surface area contributed by atoms with E-state index in [1.165, 1.54) is 0 Å². The molecule has 0 fully saturated rings. The molecule has 2 aromatic heterocycles. The number of nitrogens with zero attached hydrogens (tertiary/aromatic N) is 3. The third kappa shape index (κ3) is 3.60. The maximum absolute atomic E-state index is 10.6. The van der Waals surface area contributed by atoms with E-state index in [2.05, 4.69) is 31.1 Å². The summed E-state index contributed by atoms with van der Waals surface area (Å²) in [7, 11) is 0. The van der Waals surface area contributed by atoms with Crippen LogP contribution in [-0.4, -0.2) is 26.3 Å². The normalized spacial score (nSPS) is 12.3. The highest BCUT2D eigenvalue weighted by Crippen LogP contribution is 2.24. The lowest BCUT2D eigenvalue weighted by Crippen LogP contribution is -2.07. The van der Waals surface area contributed by atoms with Crippen LogP contribution >= 0.6 is 15.9 Å². The first-order valence-electron chi connectivity index (χ1n) is 5.71. The zero-order chi connectivity index (χ0) is 13.8. The Balaban J connectivity index is 2.11. The minimum Gasteiger partial charge on any atom is -0.481 e. The van der Waals surface area contributed by atoms with Crippen molar-refractivity contribution >= 4 is 21.9 Å². The fourth-order valence-corrected chi connectivity index (χ4v) is 2.07. The number of carbonyl (C=O) groups is 1. The number of carboxylic acids is 1. The molecular weight excluding hydrogens is 314 g/mol. The van der Waals surface area contributed by atoms with Gasteiger partial charge in [-0.15, -0.1) is 10.2 Å². The van der Waals surface area contributed by atoms with E-state index in [1.807, 2.05) is 13.0 Å². The summed E-state index contributed by atoms with van der Waals surface area (Å²) in [5.41, 5.74) is 0.576. The zero-order valence-corrected chi connectivity index (χ0v) is 11.8. The predicted octanol–water partition coefficient (Wildman–Crippen LogP) is 2.55. The summed E-state index contributed by atoms with van der Waals surface area (Å²) in [5.74, 6) is -0.149. The fraction of sp³-hybridized carbons (Fsp3) is 0.333. The van der Waals surface area contributed by atoms with Crippen molar-refractivity contribution in [2.45, 2.75) is 19.8 Å². The first-order chi connectivity index (χ1) is 9.06. The van der Waals surface area contributed by atoms with Crippen LogP contribution in [0.5, 0.6) is 0 Å². The molecular formula is C12H12BrN3O3. The lowest BCUT2D eigenvalue weighted by atomic mass is 10.0. The number of hydrogen-bond donors (Lipinski definition) is 1. The van der Waals surface area contributed by atoms with Crippen LogP contribution in [-0.2, 0) is 11.2 Å². The van der Waals surface area contributed by atoms with E-state index in [0.717, 1.165) is 4.47 Å². The maximum atomic E-state index is 10.6. The second-order valence-corrected chi connectivity index (χ2v) is 5.10. The molecule has 0 aliphatic rings. The van der Waals surface area contributed by atoms with Crippen molar-refractivity contribution < 1.29 is 14.3 Å². The first-order valence-corrected chi connectivity index (χ1v) is 6.50. The standard InChI is InChI=1S/C12H12BrN3O3/c1-7(6-10(17)18)5-9-15-16-12(19-9)11-8(13)3-2-4-14-11/h2-4,7H,5-6H2,1H3,(H,17,18). The lowest BCUT2D eigenvalue weighted by Gasteiger charge is -2.03. The molecule has 0 saturated carbocycles. The molecule has 0 aromatic carbocycles. The van der Waals surface area contributed by atoms with Crippen molar-refractivity contribution in [3.05, 3.63) is 28.7 Å². The largest absolute Gasteiger partial charge is 0.481 e. The van der Waals surface area contributed by atoms with Crippen molar-refractivity contribution in [2.75, 3.05) is 0 Å². The topological polar surface area (TPSA) is 89.1 Å². The van der Waals surface area contributed by atoms with Gasteiger partial charge in [-0.2, -0.15) is 0 Å². The predicted molar refractivity (Wildman–Crippen MR) is 70.3 cm³/mol. The van der Waals surface area contributed by atoms with Gasteiger partial charge >= 0.3 is 5.97 Å². The van der Waals surface area contributed by atoms with E-state index in [1.54, 1.807) is 12.3 Å². The van der Waals surface area contributed by atoms with Crippen LogP contribution < -0.4 is 0 Å². The number of carboxylic acid groups (broad SMARTS) is 1. The summed E-state index contributed by atoms with van der Waals surface area (Å²) in [6.07, 6.45) is 2.14. The van der Waals surface area contributed by atoms with Gasteiger partial charge in [0.15, 0.2) is 0 Å². The van der Waals surface area contributed by atoms with Gasteiger partial charge in [0, 0.05) is 23.5 Å². The molecule has 2 aromatic rings. The Labute approximate surface area is 118 Å². The van der Waals surface area contributed by atoms with Gasteiger partial charge in [-0.25, -0.2) is 4.98 Å². The molecule has 0 amide bonds. The molecule has 0 aliphatic carbocycles. The minimum atomic E-state index is -0.834. The van der Waals surface area contributed by atoms with Crippen molar-refractivity contribution in [3.63, 3.8) is 0 Å². The molecule has 1 unspecified atom stereocenters.